The van der Waals surface area contributed by atoms with Crippen molar-refractivity contribution in [1.29, 1.82) is 0 Å². The second-order valence-electron chi connectivity index (χ2n) is 5.27. The van der Waals surface area contributed by atoms with Gasteiger partial charge in [-0.1, -0.05) is 18.2 Å². The van der Waals surface area contributed by atoms with Crippen molar-refractivity contribution >= 4 is 28.7 Å². The van der Waals surface area contributed by atoms with Gasteiger partial charge in [-0.25, -0.2) is 18.7 Å². The van der Waals surface area contributed by atoms with Gasteiger partial charge in [0, 0.05) is 12.1 Å². The number of aromatic amines is 1. The fourth-order valence-corrected chi connectivity index (χ4v) is 2.52. The number of carboxylic acid groups (broad SMARTS) is 1. The Labute approximate surface area is 134 Å². The average Bonchev–Trinajstić information content (AvgIpc) is 3.10. The summed E-state index contributed by atoms with van der Waals surface area (Å²) >= 11 is 0. The van der Waals surface area contributed by atoms with Crippen molar-refractivity contribution in [3.05, 3.63) is 59.4 Å². The van der Waals surface area contributed by atoms with Crippen LogP contribution in [0.4, 0.5) is 10.3 Å². The zero-order chi connectivity index (χ0) is 16.7. The second-order valence-corrected chi connectivity index (χ2v) is 5.27. The average molecular weight is 325 g/mol. The van der Waals surface area contributed by atoms with Crippen LogP contribution in [0.2, 0.25) is 0 Å². The first kappa shape index (κ1) is 14.2. The molecule has 7 nitrogen and oxygen atoms in total. The first-order chi connectivity index (χ1) is 11.6. The molecule has 0 radical (unpaired) electrons. The minimum Gasteiger partial charge on any atom is -0.478 e. The third-order valence-corrected chi connectivity index (χ3v) is 3.72. The summed E-state index contributed by atoms with van der Waals surface area (Å²) in [6, 6.07) is 11.2. The Hall–Kier alpha value is -3.42. The van der Waals surface area contributed by atoms with Gasteiger partial charge < -0.3 is 10.4 Å². The number of nitrogens with one attached hydrogen (secondary N) is 2. The summed E-state index contributed by atoms with van der Waals surface area (Å²) in [4.78, 5) is 19.6. The number of rotatable bonds is 4. The third kappa shape index (κ3) is 2.34. The number of nitrogens with zero attached hydrogens (tertiary/aromatic N) is 3. The van der Waals surface area contributed by atoms with Crippen molar-refractivity contribution in [3.63, 3.8) is 0 Å². The molecule has 0 saturated heterocycles. The molecule has 2 heterocycles. The number of carboxylic acids is 1. The van der Waals surface area contributed by atoms with Gasteiger partial charge in [0.05, 0.1) is 16.6 Å². The van der Waals surface area contributed by atoms with E-state index in [4.69, 9.17) is 5.11 Å². The summed E-state index contributed by atoms with van der Waals surface area (Å²) in [5, 5.41) is 15.0. The van der Waals surface area contributed by atoms with E-state index in [0.717, 1.165) is 0 Å². The molecule has 0 aliphatic rings. The minimum atomic E-state index is -1.01. The number of fused-ring (bicyclic) bond motifs is 3. The van der Waals surface area contributed by atoms with E-state index in [1.165, 1.54) is 18.2 Å². The Morgan fingerprint density at radius 2 is 2.08 bits per heavy atom. The molecule has 120 valence electrons. The normalized spacial score (nSPS) is 11.2. The molecule has 8 heteroatoms. The van der Waals surface area contributed by atoms with E-state index < -0.39 is 5.97 Å². The van der Waals surface area contributed by atoms with Crippen LogP contribution < -0.4 is 5.32 Å². The molecule has 0 spiro atoms. The van der Waals surface area contributed by atoms with Gasteiger partial charge in [0.1, 0.15) is 5.82 Å². The number of carbonyl (C=O) groups is 1. The maximum atomic E-state index is 13.6. The van der Waals surface area contributed by atoms with E-state index in [-0.39, 0.29) is 17.9 Å². The molecule has 0 unspecified atom stereocenters. The lowest BCUT2D eigenvalue weighted by Gasteiger charge is -2.03. The Morgan fingerprint density at radius 1 is 1.25 bits per heavy atom. The third-order valence-electron chi connectivity index (χ3n) is 3.72. The Kier molecular flexibility index (Phi) is 3.16. The maximum absolute atomic E-state index is 13.6. The largest absolute Gasteiger partial charge is 0.478 e. The predicted molar refractivity (Wildman–Crippen MR) is 85.5 cm³/mol. The monoisotopic (exact) mass is 325 g/mol. The summed E-state index contributed by atoms with van der Waals surface area (Å²) in [7, 11) is 0. The molecule has 0 atom stereocenters. The fourth-order valence-electron chi connectivity index (χ4n) is 2.52. The van der Waals surface area contributed by atoms with Crippen LogP contribution in [0.1, 0.15) is 15.9 Å². The zero-order valence-electron chi connectivity index (χ0n) is 12.3. The van der Waals surface area contributed by atoms with Crippen LogP contribution in [0.15, 0.2) is 42.5 Å². The zero-order valence-corrected chi connectivity index (χ0v) is 12.3. The van der Waals surface area contributed by atoms with Gasteiger partial charge in [-0.2, -0.15) is 4.98 Å². The Bertz CT molecular complexity index is 1070. The second kappa shape index (κ2) is 5.34. The van der Waals surface area contributed by atoms with Crippen molar-refractivity contribution in [3.8, 4) is 0 Å². The molecule has 0 bridgehead atoms. The highest BCUT2D eigenvalue weighted by Gasteiger charge is 2.12. The summed E-state index contributed by atoms with van der Waals surface area (Å²) < 4.78 is 15.3. The van der Waals surface area contributed by atoms with Crippen LogP contribution in [-0.4, -0.2) is 30.7 Å². The highest BCUT2D eigenvalue weighted by molar-refractivity contribution is 5.93. The molecule has 0 saturated carbocycles. The van der Waals surface area contributed by atoms with Crippen LogP contribution in [0.25, 0.3) is 16.8 Å². The lowest BCUT2D eigenvalue weighted by Crippen LogP contribution is -2.03. The number of anilines is 1. The fraction of sp³-hybridized carbons (Fsp3) is 0.0625. The number of imidazole rings is 1. The summed E-state index contributed by atoms with van der Waals surface area (Å²) in [6.07, 6.45) is 0. The summed E-state index contributed by atoms with van der Waals surface area (Å²) in [5.74, 6) is -0.435. The summed E-state index contributed by atoms with van der Waals surface area (Å²) in [5.41, 5.74) is 1.94. The smallest absolute Gasteiger partial charge is 0.335 e. The lowest BCUT2D eigenvalue weighted by atomic mass is 10.2. The number of H-pyrrole nitrogens is 1. The Morgan fingerprint density at radius 3 is 2.88 bits per heavy atom. The van der Waals surface area contributed by atoms with Crippen LogP contribution >= 0.6 is 0 Å². The number of benzene rings is 2. The van der Waals surface area contributed by atoms with Gasteiger partial charge in [0.2, 0.25) is 5.95 Å². The van der Waals surface area contributed by atoms with E-state index in [1.807, 2.05) is 0 Å². The van der Waals surface area contributed by atoms with Gasteiger partial charge in [-0.15, -0.1) is 0 Å². The topological polar surface area (TPSA) is 95.3 Å². The van der Waals surface area contributed by atoms with E-state index in [2.05, 4.69) is 20.4 Å². The standard InChI is InChI=1S/C16H12FN5O2/c17-11-4-2-1-3-10(11)8-18-15-20-16-19-12-7-9(14(23)24)5-6-13(12)22(16)21-15/h1-7H,8H2,(H,23,24)(H2,18,19,20,21). The lowest BCUT2D eigenvalue weighted by molar-refractivity contribution is 0.0697. The van der Waals surface area contributed by atoms with Gasteiger partial charge >= 0.3 is 5.97 Å². The number of aromatic nitrogens is 4. The van der Waals surface area contributed by atoms with E-state index >= 15 is 0 Å². The van der Waals surface area contributed by atoms with Crippen molar-refractivity contribution in [1.82, 2.24) is 19.6 Å². The molecule has 0 fully saturated rings. The molecular formula is C16H12FN5O2. The first-order valence-corrected chi connectivity index (χ1v) is 7.20. The van der Waals surface area contributed by atoms with E-state index in [9.17, 15) is 9.18 Å². The number of hydrogen-bond donors (Lipinski definition) is 3. The molecule has 2 aromatic heterocycles. The molecule has 4 aromatic rings. The molecular weight excluding hydrogens is 313 g/mol. The summed E-state index contributed by atoms with van der Waals surface area (Å²) in [6.45, 7) is 0.282. The van der Waals surface area contributed by atoms with Crippen LogP contribution in [-0.2, 0) is 6.54 Å². The van der Waals surface area contributed by atoms with E-state index in [1.54, 1.807) is 28.8 Å². The van der Waals surface area contributed by atoms with Crippen molar-refractivity contribution in [2.45, 2.75) is 6.54 Å². The maximum Gasteiger partial charge on any atom is 0.335 e. The van der Waals surface area contributed by atoms with Crippen LogP contribution in [0.3, 0.4) is 0 Å². The predicted octanol–water partition coefficient (Wildman–Crippen LogP) is 2.66. The van der Waals surface area contributed by atoms with Gasteiger partial charge in [-0.3, -0.25) is 5.10 Å². The number of halogens is 1. The molecule has 0 amide bonds. The highest BCUT2D eigenvalue weighted by Crippen LogP contribution is 2.18. The molecule has 3 N–H and O–H groups in total. The van der Waals surface area contributed by atoms with Gasteiger partial charge in [0.15, 0.2) is 0 Å². The number of hydrogen-bond acceptors (Lipinski definition) is 4. The molecule has 4 rings (SSSR count). The number of aromatic carboxylic acids is 1. The quantitative estimate of drug-likeness (QED) is 0.536. The molecule has 2 aromatic carbocycles. The Balaban J connectivity index is 1.64. The van der Waals surface area contributed by atoms with Crippen molar-refractivity contribution < 1.29 is 14.3 Å². The van der Waals surface area contributed by atoms with Crippen molar-refractivity contribution in [2.24, 2.45) is 0 Å². The van der Waals surface area contributed by atoms with E-state index in [0.29, 0.717) is 28.3 Å². The molecule has 24 heavy (non-hydrogen) atoms. The van der Waals surface area contributed by atoms with Gasteiger partial charge in [0.25, 0.3) is 5.78 Å². The van der Waals surface area contributed by atoms with Crippen molar-refractivity contribution in [2.75, 3.05) is 5.32 Å². The molecule has 0 aliphatic heterocycles. The SMILES string of the molecule is O=C(O)c1ccc2c(c1)nc1nc(NCc3ccccc3F)[nH]n12. The van der Waals surface area contributed by atoms with Gasteiger partial charge in [-0.05, 0) is 24.3 Å². The minimum absolute atomic E-state index is 0.168. The van der Waals surface area contributed by atoms with Crippen LogP contribution in [0, 0.1) is 5.82 Å². The molecule has 0 aliphatic carbocycles. The van der Waals surface area contributed by atoms with Crippen LogP contribution in [0.5, 0.6) is 0 Å². The first-order valence-electron chi connectivity index (χ1n) is 7.20. The highest BCUT2D eigenvalue weighted by atomic mass is 19.1.